The molecule has 0 spiro atoms. The Morgan fingerprint density at radius 1 is 1.46 bits per heavy atom. The Hall–Kier alpha value is 0.240. The van der Waals surface area contributed by atoms with Gasteiger partial charge in [0.05, 0.1) is 8.67 Å². The Morgan fingerprint density at radius 3 is 2.62 bits per heavy atom. The summed E-state index contributed by atoms with van der Waals surface area (Å²) >= 11 is 13.4. The molecule has 1 aromatic rings. The molecule has 1 N–H and O–H groups in total. The van der Waals surface area contributed by atoms with Crippen LogP contribution >= 0.6 is 34.5 Å². The van der Waals surface area contributed by atoms with Gasteiger partial charge in [-0.2, -0.15) is 0 Å². The molecular weight excluding hydrogens is 225 g/mol. The van der Waals surface area contributed by atoms with Crippen molar-refractivity contribution in [3.05, 3.63) is 20.3 Å². The summed E-state index contributed by atoms with van der Waals surface area (Å²) in [6.07, 6.45) is 2.37. The largest absolute Gasteiger partial charge is 0.317 e. The summed E-state index contributed by atoms with van der Waals surface area (Å²) in [5.74, 6) is 0.619. The molecule has 4 heteroatoms. The van der Waals surface area contributed by atoms with Crippen LogP contribution < -0.4 is 5.32 Å². The molecule has 0 radical (unpaired) electrons. The van der Waals surface area contributed by atoms with Crippen LogP contribution in [0.15, 0.2) is 6.07 Å². The molecule has 0 bridgehead atoms. The summed E-state index contributed by atoms with van der Waals surface area (Å²) in [4.78, 5) is 0. The maximum absolute atomic E-state index is 6.06. The van der Waals surface area contributed by atoms with Crippen molar-refractivity contribution in [3.8, 4) is 0 Å². The van der Waals surface area contributed by atoms with Gasteiger partial charge < -0.3 is 5.32 Å². The van der Waals surface area contributed by atoms with Crippen LogP contribution in [-0.2, 0) is 0 Å². The minimum atomic E-state index is 0.619. The van der Waals surface area contributed by atoms with Crippen molar-refractivity contribution in [2.75, 3.05) is 7.05 Å². The van der Waals surface area contributed by atoms with Crippen molar-refractivity contribution in [2.24, 2.45) is 0 Å². The quantitative estimate of drug-likeness (QED) is 0.828. The monoisotopic (exact) mass is 235 g/mol. The van der Waals surface area contributed by atoms with Crippen molar-refractivity contribution >= 4 is 34.5 Å². The lowest BCUT2D eigenvalue weighted by atomic mass is 9.77. The minimum Gasteiger partial charge on any atom is -0.317 e. The molecule has 13 heavy (non-hydrogen) atoms. The molecular formula is C9H11Cl2NS. The van der Waals surface area contributed by atoms with E-state index in [1.54, 1.807) is 0 Å². The molecule has 1 fully saturated rings. The van der Waals surface area contributed by atoms with Crippen molar-refractivity contribution in [2.45, 2.75) is 24.8 Å². The average Bonchev–Trinajstić information content (AvgIpc) is 2.29. The molecule has 1 aromatic heterocycles. The third-order valence-electron chi connectivity index (χ3n) is 2.67. The molecule has 1 heterocycles. The van der Waals surface area contributed by atoms with Crippen molar-refractivity contribution < 1.29 is 0 Å². The molecule has 0 aromatic carbocycles. The normalized spacial score (nSPS) is 27.3. The van der Waals surface area contributed by atoms with E-state index >= 15 is 0 Å². The highest BCUT2D eigenvalue weighted by Gasteiger charge is 2.31. The lowest BCUT2D eigenvalue weighted by Crippen LogP contribution is -2.37. The first-order valence-electron chi connectivity index (χ1n) is 4.32. The van der Waals surface area contributed by atoms with Gasteiger partial charge in [-0.25, -0.2) is 0 Å². The van der Waals surface area contributed by atoms with E-state index in [-0.39, 0.29) is 0 Å². The molecule has 1 saturated carbocycles. The predicted molar refractivity (Wildman–Crippen MR) is 59.2 cm³/mol. The second-order valence-electron chi connectivity index (χ2n) is 3.43. The average molecular weight is 236 g/mol. The predicted octanol–water partition coefficient (Wildman–Crippen LogP) is 3.52. The third-order valence-corrected chi connectivity index (χ3v) is 4.19. The standard InChI is InChI=1S/C9H11Cl2NS/c1-12-6-2-5(3-6)7-4-8(10)13-9(7)11/h4-6,12H,2-3H2,1H3. The van der Waals surface area contributed by atoms with Crippen LogP contribution in [0.2, 0.25) is 8.67 Å². The van der Waals surface area contributed by atoms with E-state index < -0.39 is 0 Å². The number of hydrogen-bond acceptors (Lipinski definition) is 2. The molecule has 0 unspecified atom stereocenters. The molecule has 0 saturated heterocycles. The highest BCUT2D eigenvalue weighted by molar-refractivity contribution is 7.20. The summed E-state index contributed by atoms with van der Waals surface area (Å²) in [6.45, 7) is 0. The lowest BCUT2D eigenvalue weighted by molar-refractivity contribution is 0.308. The maximum atomic E-state index is 6.06. The number of halogens is 2. The van der Waals surface area contributed by atoms with E-state index in [0.717, 1.165) is 8.67 Å². The molecule has 72 valence electrons. The topological polar surface area (TPSA) is 12.0 Å². The molecule has 1 nitrogen and oxygen atoms in total. The van der Waals surface area contributed by atoms with Gasteiger partial charge in [0.25, 0.3) is 0 Å². The number of rotatable bonds is 2. The first-order valence-corrected chi connectivity index (χ1v) is 5.90. The fraction of sp³-hybridized carbons (Fsp3) is 0.556. The smallest absolute Gasteiger partial charge is 0.0978 e. The Balaban J connectivity index is 2.06. The molecule has 0 atom stereocenters. The second kappa shape index (κ2) is 3.77. The van der Waals surface area contributed by atoms with Crippen molar-refractivity contribution in [1.82, 2.24) is 5.32 Å². The zero-order valence-electron chi connectivity index (χ0n) is 7.31. The number of hydrogen-bond donors (Lipinski definition) is 1. The number of nitrogens with one attached hydrogen (secondary N) is 1. The van der Waals surface area contributed by atoms with Crippen LogP contribution in [0.4, 0.5) is 0 Å². The van der Waals surface area contributed by atoms with Crippen molar-refractivity contribution in [3.63, 3.8) is 0 Å². The minimum absolute atomic E-state index is 0.619. The zero-order chi connectivity index (χ0) is 9.42. The summed E-state index contributed by atoms with van der Waals surface area (Å²) in [7, 11) is 2.00. The summed E-state index contributed by atoms with van der Waals surface area (Å²) in [5.41, 5.74) is 1.24. The van der Waals surface area contributed by atoms with Crippen LogP contribution in [0.3, 0.4) is 0 Å². The molecule has 1 aliphatic rings. The Morgan fingerprint density at radius 2 is 2.15 bits per heavy atom. The fourth-order valence-corrected chi connectivity index (χ4v) is 3.37. The zero-order valence-corrected chi connectivity index (χ0v) is 9.64. The first kappa shape index (κ1) is 9.78. The van der Waals surface area contributed by atoms with Crippen LogP contribution in [-0.4, -0.2) is 13.1 Å². The first-order chi connectivity index (χ1) is 6.20. The van der Waals surface area contributed by atoms with Gasteiger partial charge in [0.15, 0.2) is 0 Å². The van der Waals surface area contributed by atoms with Gasteiger partial charge in [0.2, 0.25) is 0 Å². The summed E-state index contributed by atoms with van der Waals surface area (Å²) in [5, 5.41) is 3.25. The van der Waals surface area contributed by atoms with Crippen LogP contribution in [0.25, 0.3) is 0 Å². The van der Waals surface area contributed by atoms with Crippen molar-refractivity contribution in [1.29, 1.82) is 0 Å². The summed E-state index contributed by atoms with van der Waals surface area (Å²) < 4.78 is 1.66. The highest BCUT2D eigenvalue weighted by Crippen LogP contribution is 2.44. The van der Waals surface area contributed by atoms with Gasteiger partial charge in [-0.1, -0.05) is 23.2 Å². The Bertz CT molecular complexity index is 305. The highest BCUT2D eigenvalue weighted by atomic mass is 35.5. The molecule has 1 aliphatic carbocycles. The third kappa shape index (κ3) is 1.86. The van der Waals surface area contributed by atoms with E-state index in [2.05, 4.69) is 5.32 Å². The van der Waals surface area contributed by atoms with Crippen LogP contribution in [0.5, 0.6) is 0 Å². The number of thiophene rings is 1. The fourth-order valence-electron chi connectivity index (χ4n) is 1.74. The van der Waals surface area contributed by atoms with E-state index in [0.29, 0.717) is 12.0 Å². The van der Waals surface area contributed by atoms with Gasteiger partial charge in [-0.05, 0) is 37.4 Å². The Labute approximate surface area is 92.0 Å². The van der Waals surface area contributed by atoms with Gasteiger partial charge in [-0.15, -0.1) is 11.3 Å². The van der Waals surface area contributed by atoms with E-state index in [9.17, 15) is 0 Å². The SMILES string of the molecule is CNC1CC(c2cc(Cl)sc2Cl)C1. The van der Waals surface area contributed by atoms with E-state index in [4.69, 9.17) is 23.2 Å². The molecule has 2 rings (SSSR count). The molecule has 0 amide bonds. The van der Waals surface area contributed by atoms with Gasteiger partial charge in [0.1, 0.15) is 0 Å². The lowest BCUT2D eigenvalue weighted by Gasteiger charge is -2.35. The van der Waals surface area contributed by atoms with Gasteiger partial charge >= 0.3 is 0 Å². The summed E-state index contributed by atoms with van der Waals surface area (Å²) in [6, 6.07) is 2.67. The van der Waals surface area contributed by atoms with Gasteiger partial charge in [0, 0.05) is 6.04 Å². The van der Waals surface area contributed by atoms with Gasteiger partial charge in [-0.3, -0.25) is 0 Å². The maximum Gasteiger partial charge on any atom is 0.0978 e. The van der Waals surface area contributed by atoms with Crippen LogP contribution in [0.1, 0.15) is 24.3 Å². The van der Waals surface area contributed by atoms with E-state index in [1.807, 2.05) is 13.1 Å². The van der Waals surface area contributed by atoms with E-state index in [1.165, 1.54) is 29.7 Å². The molecule has 0 aliphatic heterocycles. The Kier molecular flexibility index (Phi) is 2.84. The second-order valence-corrected chi connectivity index (χ2v) is 5.72. The van der Waals surface area contributed by atoms with Crippen LogP contribution in [0, 0.1) is 0 Å².